The van der Waals surface area contributed by atoms with Gasteiger partial charge in [-0.2, -0.15) is 0 Å². The topological polar surface area (TPSA) is 84.2 Å². The highest BCUT2D eigenvalue weighted by atomic mass is 16.5. The Morgan fingerprint density at radius 1 is 1.19 bits per heavy atom. The van der Waals surface area contributed by atoms with Gasteiger partial charge in [0.25, 0.3) is 0 Å². The molecular weight excluding hydrogens is 352 g/mol. The fourth-order valence-corrected chi connectivity index (χ4v) is 2.80. The first kappa shape index (κ1) is 19.0. The molecule has 1 aliphatic rings. The summed E-state index contributed by atoms with van der Waals surface area (Å²) < 4.78 is 26.5. The SMILES string of the molecule is COC(=O)c1cc(COC(=O)c2ccc(OC[C@@H]3CCCO3)cc2)oc1C. The van der Waals surface area contributed by atoms with Gasteiger partial charge in [-0.05, 0) is 50.1 Å². The van der Waals surface area contributed by atoms with Crippen molar-refractivity contribution in [3.8, 4) is 5.75 Å². The number of ether oxygens (including phenoxy) is 4. The summed E-state index contributed by atoms with van der Waals surface area (Å²) in [4.78, 5) is 23.7. The molecular formula is C20H22O7. The van der Waals surface area contributed by atoms with Crippen molar-refractivity contribution in [2.24, 2.45) is 0 Å². The summed E-state index contributed by atoms with van der Waals surface area (Å²) in [5.74, 6) is 0.478. The zero-order chi connectivity index (χ0) is 19.2. The normalized spacial score (nSPS) is 16.1. The van der Waals surface area contributed by atoms with E-state index >= 15 is 0 Å². The molecule has 1 atom stereocenters. The van der Waals surface area contributed by atoms with Gasteiger partial charge in [-0.1, -0.05) is 0 Å². The lowest BCUT2D eigenvalue weighted by Crippen LogP contribution is -2.16. The highest BCUT2D eigenvalue weighted by Crippen LogP contribution is 2.19. The Bertz CT molecular complexity index is 785. The first-order valence-electron chi connectivity index (χ1n) is 8.76. The first-order valence-corrected chi connectivity index (χ1v) is 8.76. The van der Waals surface area contributed by atoms with Crippen molar-refractivity contribution in [2.45, 2.75) is 32.5 Å². The van der Waals surface area contributed by atoms with E-state index in [4.69, 9.17) is 18.6 Å². The standard InChI is InChI=1S/C20H22O7/c1-13-18(20(22)23-2)10-17(27-13)12-26-19(21)14-5-7-15(8-6-14)25-11-16-4-3-9-24-16/h5-8,10,16H,3-4,9,11-12H2,1-2H3/t16-/m0/s1. The van der Waals surface area contributed by atoms with Crippen molar-refractivity contribution in [1.29, 1.82) is 0 Å². The van der Waals surface area contributed by atoms with Crippen molar-refractivity contribution in [3.63, 3.8) is 0 Å². The van der Waals surface area contributed by atoms with Crippen LogP contribution in [0, 0.1) is 6.92 Å². The predicted molar refractivity (Wildman–Crippen MR) is 94.8 cm³/mol. The largest absolute Gasteiger partial charge is 0.491 e. The average Bonchev–Trinajstić information content (AvgIpc) is 3.33. The Balaban J connectivity index is 1.51. The molecule has 0 N–H and O–H groups in total. The summed E-state index contributed by atoms with van der Waals surface area (Å²) in [5.41, 5.74) is 0.715. The van der Waals surface area contributed by atoms with E-state index in [-0.39, 0.29) is 12.7 Å². The van der Waals surface area contributed by atoms with Crippen molar-refractivity contribution in [2.75, 3.05) is 20.3 Å². The molecule has 7 nitrogen and oxygen atoms in total. The summed E-state index contributed by atoms with van der Waals surface area (Å²) in [5, 5.41) is 0. The summed E-state index contributed by atoms with van der Waals surface area (Å²) in [6, 6.07) is 8.23. The number of carbonyl (C=O) groups excluding carboxylic acids is 2. The number of hydrogen-bond acceptors (Lipinski definition) is 7. The predicted octanol–water partition coefficient (Wildman–Crippen LogP) is 3.29. The van der Waals surface area contributed by atoms with Crippen LogP contribution in [0.4, 0.5) is 0 Å². The number of hydrogen-bond donors (Lipinski definition) is 0. The molecule has 1 aromatic carbocycles. The van der Waals surface area contributed by atoms with Gasteiger partial charge in [0, 0.05) is 6.61 Å². The van der Waals surface area contributed by atoms with Crippen LogP contribution in [0.1, 0.15) is 45.1 Å². The molecule has 0 amide bonds. The molecule has 7 heteroatoms. The highest BCUT2D eigenvalue weighted by Gasteiger charge is 2.18. The van der Waals surface area contributed by atoms with E-state index in [0.717, 1.165) is 19.4 Å². The number of rotatable bonds is 7. The number of carbonyl (C=O) groups is 2. The summed E-state index contributed by atoms with van der Waals surface area (Å²) in [7, 11) is 1.29. The van der Waals surface area contributed by atoms with Gasteiger partial charge in [0.15, 0.2) is 0 Å². The maximum absolute atomic E-state index is 12.2. The van der Waals surface area contributed by atoms with Gasteiger partial charge in [-0.25, -0.2) is 9.59 Å². The number of esters is 2. The minimum Gasteiger partial charge on any atom is -0.491 e. The Hall–Kier alpha value is -2.80. The third kappa shape index (κ3) is 4.89. The summed E-state index contributed by atoms with van der Waals surface area (Å²) >= 11 is 0. The number of furan rings is 1. The average molecular weight is 374 g/mol. The molecule has 0 spiro atoms. The number of aryl methyl sites for hydroxylation is 1. The fraction of sp³-hybridized carbons (Fsp3) is 0.400. The van der Waals surface area contributed by atoms with Crippen LogP contribution in [-0.2, 0) is 20.8 Å². The van der Waals surface area contributed by atoms with Gasteiger partial charge in [0.2, 0.25) is 0 Å². The van der Waals surface area contributed by atoms with E-state index in [9.17, 15) is 9.59 Å². The molecule has 0 radical (unpaired) electrons. The van der Waals surface area contributed by atoms with Crippen LogP contribution >= 0.6 is 0 Å². The maximum atomic E-state index is 12.2. The number of benzene rings is 1. The third-order valence-corrected chi connectivity index (χ3v) is 4.27. The second-order valence-electron chi connectivity index (χ2n) is 6.22. The van der Waals surface area contributed by atoms with Gasteiger partial charge in [-0.3, -0.25) is 0 Å². The smallest absolute Gasteiger partial charge is 0.341 e. The zero-order valence-corrected chi connectivity index (χ0v) is 15.4. The minimum absolute atomic E-state index is 0.0755. The first-order chi connectivity index (χ1) is 13.1. The molecule has 1 aliphatic heterocycles. The van der Waals surface area contributed by atoms with Crippen LogP contribution in [0.5, 0.6) is 5.75 Å². The third-order valence-electron chi connectivity index (χ3n) is 4.27. The minimum atomic E-state index is -0.493. The van der Waals surface area contributed by atoms with Gasteiger partial charge in [-0.15, -0.1) is 0 Å². The second-order valence-corrected chi connectivity index (χ2v) is 6.22. The molecule has 27 heavy (non-hydrogen) atoms. The molecule has 3 rings (SSSR count). The van der Waals surface area contributed by atoms with E-state index < -0.39 is 11.9 Å². The zero-order valence-electron chi connectivity index (χ0n) is 15.4. The Morgan fingerprint density at radius 3 is 2.63 bits per heavy atom. The van der Waals surface area contributed by atoms with Crippen molar-refractivity contribution >= 4 is 11.9 Å². The molecule has 0 aliphatic carbocycles. The van der Waals surface area contributed by atoms with Gasteiger partial charge >= 0.3 is 11.9 Å². The molecule has 0 bridgehead atoms. The van der Waals surface area contributed by atoms with Gasteiger partial charge < -0.3 is 23.4 Å². The monoisotopic (exact) mass is 374 g/mol. The molecule has 1 fully saturated rings. The molecule has 1 saturated heterocycles. The molecule has 0 saturated carbocycles. The Morgan fingerprint density at radius 2 is 1.96 bits per heavy atom. The number of methoxy groups -OCH3 is 1. The van der Waals surface area contributed by atoms with Gasteiger partial charge in [0.05, 0.1) is 18.8 Å². The van der Waals surface area contributed by atoms with Crippen molar-refractivity contribution in [3.05, 3.63) is 53.0 Å². The van der Waals surface area contributed by atoms with Crippen LogP contribution in [0.15, 0.2) is 34.7 Å². The molecule has 1 aromatic heterocycles. The molecule has 144 valence electrons. The van der Waals surface area contributed by atoms with E-state index in [1.807, 2.05) is 0 Å². The van der Waals surface area contributed by atoms with Crippen LogP contribution in [0.25, 0.3) is 0 Å². The van der Waals surface area contributed by atoms with E-state index in [0.29, 0.717) is 35.0 Å². The Labute approximate surface area is 157 Å². The van der Waals surface area contributed by atoms with Crippen LogP contribution in [-0.4, -0.2) is 38.4 Å². The second kappa shape index (κ2) is 8.73. The lowest BCUT2D eigenvalue weighted by molar-refractivity contribution is 0.0443. The lowest BCUT2D eigenvalue weighted by Gasteiger charge is -2.11. The van der Waals surface area contributed by atoms with E-state index in [1.165, 1.54) is 13.2 Å². The van der Waals surface area contributed by atoms with Crippen molar-refractivity contribution < 1.29 is 33.0 Å². The lowest BCUT2D eigenvalue weighted by atomic mass is 10.2. The van der Waals surface area contributed by atoms with Gasteiger partial charge in [0.1, 0.15) is 36.0 Å². The van der Waals surface area contributed by atoms with E-state index in [2.05, 4.69) is 4.74 Å². The van der Waals surface area contributed by atoms with Crippen molar-refractivity contribution in [1.82, 2.24) is 0 Å². The molecule has 2 heterocycles. The maximum Gasteiger partial charge on any atom is 0.341 e. The quantitative estimate of drug-likeness (QED) is 0.688. The fourth-order valence-electron chi connectivity index (χ4n) is 2.80. The summed E-state index contributed by atoms with van der Waals surface area (Å²) in [6.07, 6.45) is 2.21. The molecule has 2 aromatic rings. The molecule has 0 unspecified atom stereocenters. The van der Waals surface area contributed by atoms with E-state index in [1.54, 1.807) is 31.2 Å². The van der Waals surface area contributed by atoms with Crippen LogP contribution in [0.3, 0.4) is 0 Å². The van der Waals surface area contributed by atoms with Crippen LogP contribution in [0.2, 0.25) is 0 Å². The highest BCUT2D eigenvalue weighted by molar-refractivity contribution is 5.91. The summed E-state index contributed by atoms with van der Waals surface area (Å²) in [6.45, 7) is 2.86. The Kier molecular flexibility index (Phi) is 6.13. The van der Waals surface area contributed by atoms with Crippen LogP contribution < -0.4 is 4.74 Å².